The molecule has 0 fully saturated rings. The van der Waals surface area contributed by atoms with Crippen LogP contribution in [0.25, 0.3) is 0 Å². The van der Waals surface area contributed by atoms with Gasteiger partial charge in [0.25, 0.3) is 0 Å². The normalized spacial score (nSPS) is 10.2. The summed E-state index contributed by atoms with van der Waals surface area (Å²) in [6.45, 7) is 4.22. The Hall–Kier alpha value is -1.27. The molecule has 1 aromatic rings. The summed E-state index contributed by atoms with van der Waals surface area (Å²) in [6.07, 6.45) is 3.80. The van der Waals surface area contributed by atoms with Gasteiger partial charge < -0.3 is 15.8 Å². The molecule has 0 atom stereocenters. The second-order valence-corrected chi connectivity index (χ2v) is 3.99. The molecule has 94 valence electrons. The van der Waals surface area contributed by atoms with Gasteiger partial charge in [0.15, 0.2) is 5.82 Å². The number of rotatable bonds is 8. The summed E-state index contributed by atoms with van der Waals surface area (Å²) in [5, 5.41) is 10.8. The first-order chi connectivity index (χ1) is 8.25. The first kappa shape index (κ1) is 13.8. The van der Waals surface area contributed by atoms with Crippen LogP contribution in [0.2, 0.25) is 0 Å². The maximum absolute atomic E-state index is 5.58. The lowest BCUT2D eigenvalue weighted by molar-refractivity contribution is 0.141. The van der Waals surface area contributed by atoms with Crippen LogP contribution in [0.5, 0.6) is 0 Å². The Morgan fingerprint density at radius 1 is 1.53 bits per heavy atom. The first-order valence-electron chi connectivity index (χ1n) is 5.68. The molecular weight excluding hydrogens is 236 g/mol. The number of hydrogen-bond acceptors (Lipinski definition) is 5. The molecule has 1 aromatic heterocycles. The third-order valence-electron chi connectivity index (χ3n) is 2.17. The maximum atomic E-state index is 5.58. The highest BCUT2D eigenvalue weighted by Gasteiger charge is 2.05. The van der Waals surface area contributed by atoms with Crippen LogP contribution in [0.15, 0.2) is 12.3 Å². The summed E-state index contributed by atoms with van der Waals surface area (Å²) >= 11 is 4.92. The Balaban J connectivity index is 2.34. The molecule has 5 nitrogen and oxygen atoms in total. The average molecular weight is 254 g/mol. The van der Waals surface area contributed by atoms with E-state index >= 15 is 0 Å². The third-order valence-corrected chi connectivity index (χ3v) is 2.39. The van der Waals surface area contributed by atoms with E-state index in [0.717, 1.165) is 19.4 Å². The van der Waals surface area contributed by atoms with Crippen molar-refractivity contribution in [1.82, 2.24) is 10.2 Å². The zero-order chi connectivity index (χ0) is 12.5. The lowest BCUT2D eigenvalue weighted by Crippen LogP contribution is -2.17. The number of unbranched alkanes of at least 4 members (excludes halogenated alkanes) is 1. The van der Waals surface area contributed by atoms with Crippen LogP contribution in [0, 0.1) is 0 Å². The minimum absolute atomic E-state index is 0.314. The summed E-state index contributed by atoms with van der Waals surface area (Å²) in [4.78, 5) is 0.314. The van der Waals surface area contributed by atoms with E-state index in [1.54, 1.807) is 12.3 Å². The smallest absolute Gasteiger partial charge is 0.159 e. The molecule has 0 saturated heterocycles. The molecule has 1 rings (SSSR count). The summed E-state index contributed by atoms with van der Waals surface area (Å²) in [6, 6.07) is 1.75. The molecule has 0 amide bonds. The monoisotopic (exact) mass is 254 g/mol. The second kappa shape index (κ2) is 7.92. The highest BCUT2D eigenvalue weighted by Crippen LogP contribution is 2.08. The molecule has 0 bridgehead atoms. The highest BCUT2D eigenvalue weighted by atomic mass is 32.1. The van der Waals surface area contributed by atoms with E-state index in [1.807, 2.05) is 0 Å². The fourth-order valence-corrected chi connectivity index (χ4v) is 1.42. The SMILES string of the molecule is CCCCOCCNc1nnccc1C(N)=S. The molecule has 0 aliphatic heterocycles. The van der Waals surface area contributed by atoms with Crippen LogP contribution >= 0.6 is 12.2 Å². The number of hydrogen-bond donors (Lipinski definition) is 2. The van der Waals surface area contributed by atoms with Crippen LogP contribution in [0.4, 0.5) is 5.82 Å². The number of thiocarbonyl (C=S) groups is 1. The number of aromatic nitrogens is 2. The van der Waals surface area contributed by atoms with Crippen LogP contribution in [-0.4, -0.2) is 34.9 Å². The van der Waals surface area contributed by atoms with Gasteiger partial charge >= 0.3 is 0 Å². The molecular formula is C11H18N4OS. The fraction of sp³-hybridized carbons (Fsp3) is 0.545. The van der Waals surface area contributed by atoms with E-state index in [0.29, 0.717) is 29.5 Å². The Morgan fingerprint density at radius 2 is 2.35 bits per heavy atom. The summed E-state index contributed by atoms with van der Waals surface area (Å²) < 4.78 is 5.42. The molecule has 0 aliphatic carbocycles. The lowest BCUT2D eigenvalue weighted by atomic mass is 10.3. The van der Waals surface area contributed by atoms with Crippen molar-refractivity contribution in [2.45, 2.75) is 19.8 Å². The fourth-order valence-electron chi connectivity index (χ4n) is 1.25. The van der Waals surface area contributed by atoms with Gasteiger partial charge in [0.2, 0.25) is 0 Å². The van der Waals surface area contributed by atoms with Gasteiger partial charge in [-0.15, -0.1) is 5.10 Å². The molecule has 0 unspecified atom stereocenters. The minimum atomic E-state index is 0.314. The van der Waals surface area contributed by atoms with E-state index < -0.39 is 0 Å². The Morgan fingerprint density at radius 3 is 3.06 bits per heavy atom. The van der Waals surface area contributed by atoms with Gasteiger partial charge in [0, 0.05) is 13.2 Å². The van der Waals surface area contributed by atoms with Crippen molar-refractivity contribution in [1.29, 1.82) is 0 Å². The average Bonchev–Trinajstić information content (AvgIpc) is 2.34. The van der Waals surface area contributed by atoms with Crippen LogP contribution in [0.1, 0.15) is 25.3 Å². The molecule has 0 aliphatic rings. The number of nitrogens with zero attached hydrogens (tertiary/aromatic N) is 2. The maximum Gasteiger partial charge on any atom is 0.159 e. The van der Waals surface area contributed by atoms with Crippen molar-refractivity contribution in [3.05, 3.63) is 17.8 Å². The largest absolute Gasteiger partial charge is 0.389 e. The van der Waals surface area contributed by atoms with Crippen LogP contribution in [0.3, 0.4) is 0 Å². The van der Waals surface area contributed by atoms with E-state index in [2.05, 4.69) is 22.4 Å². The topological polar surface area (TPSA) is 73.1 Å². The Kier molecular flexibility index (Phi) is 6.42. The summed E-state index contributed by atoms with van der Waals surface area (Å²) in [7, 11) is 0. The summed E-state index contributed by atoms with van der Waals surface area (Å²) in [5.41, 5.74) is 6.29. The number of ether oxygens (including phenoxy) is 1. The molecule has 0 saturated carbocycles. The highest BCUT2D eigenvalue weighted by molar-refractivity contribution is 7.80. The van der Waals surface area contributed by atoms with Gasteiger partial charge in [-0.1, -0.05) is 25.6 Å². The van der Waals surface area contributed by atoms with Gasteiger partial charge in [-0.3, -0.25) is 0 Å². The molecule has 0 aromatic carbocycles. The predicted octanol–water partition coefficient (Wildman–Crippen LogP) is 1.34. The van der Waals surface area contributed by atoms with Crippen molar-refractivity contribution < 1.29 is 4.74 Å². The van der Waals surface area contributed by atoms with Gasteiger partial charge in [-0.25, -0.2) is 0 Å². The Labute approximate surface area is 107 Å². The Bertz CT molecular complexity index is 359. The zero-order valence-electron chi connectivity index (χ0n) is 9.98. The predicted molar refractivity (Wildman–Crippen MR) is 72.1 cm³/mol. The molecule has 6 heteroatoms. The van der Waals surface area contributed by atoms with Crippen LogP contribution in [-0.2, 0) is 4.74 Å². The number of nitrogens with one attached hydrogen (secondary N) is 1. The van der Waals surface area contributed by atoms with Crippen molar-refractivity contribution in [2.75, 3.05) is 25.1 Å². The van der Waals surface area contributed by atoms with Gasteiger partial charge in [-0.05, 0) is 12.5 Å². The van der Waals surface area contributed by atoms with E-state index in [-0.39, 0.29) is 0 Å². The molecule has 0 radical (unpaired) electrons. The molecule has 17 heavy (non-hydrogen) atoms. The quantitative estimate of drug-likeness (QED) is 0.539. The van der Waals surface area contributed by atoms with Gasteiger partial charge in [-0.2, -0.15) is 5.10 Å². The van der Waals surface area contributed by atoms with Crippen molar-refractivity contribution >= 4 is 23.0 Å². The van der Waals surface area contributed by atoms with Crippen LogP contribution < -0.4 is 11.1 Å². The summed E-state index contributed by atoms with van der Waals surface area (Å²) in [5.74, 6) is 0.610. The minimum Gasteiger partial charge on any atom is -0.389 e. The lowest BCUT2D eigenvalue weighted by Gasteiger charge is -2.09. The van der Waals surface area contributed by atoms with Crippen molar-refractivity contribution in [3.8, 4) is 0 Å². The van der Waals surface area contributed by atoms with E-state index in [1.165, 1.54) is 0 Å². The zero-order valence-corrected chi connectivity index (χ0v) is 10.8. The first-order valence-corrected chi connectivity index (χ1v) is 6.09. The molecule has 0 spiro atoms. The molecule has 3 N–H and O–H groups in total. The standard InChI is InChI=1S/C11H18N4OS/c1-2-3-7-16-8-6-13-11-9(10(12)17)4-5-14-15-11/h4-5H,2-3,6-8H2,1H3,(H2,12,17)(H,13,15). The molecule has 1 heterocycles. The second-order valence-electron chi connectivity index (χ2n) is 3.55. The van der Waals surface area contributed by atoms with Gasteiger partial charge in [0.1, 0.15) is 4.99 Å². The van der Waals surface area contributed by atoms with E-state index in [9.17, 15) is 0 Å². The number of anilines is 1. The third kappa shape index (κ3) is 5.06. The number of nitrogens with two attached hydrogens (primary N) is 1. The van der Waals surface area contributed by atoms with Crippen molar-refractivity contribution in [3.63, 3.8) is 0 Å². The van der Waals surface area contributed by atoms with Crippen molar-refractivity contribution in [2.24, 2.45) is 5.73 Å². The van der Waals surface area contributed by atoms with E-state index in [4.69, 9.17) is 22.7 Å². The van der Waals surface area contributed by atoms with Gasteiger partial charge in [0.05, 0.1) is 18.4 Å².